The molecule has 1 fully saturated rings. The number of amides is 1. The van der Waals surface area contributed by atoms with Crippen molar-refractivity contribution in [1.29, 1.82) is 0 Å². The number of carbonyl (C=O) groups is 1. The van der Waals surface area contributed by atoms with Crippen molar-refractivity contribution in [2.24, 2.45) is 0 Å². The molecule has 0 spiro atoms. The van der Waals surface area contributed by atoms with Crippen LogP contribution in [0.4, 0.5) is 5.69 Å². The number of aryl methyl sites for hydroxylation is 1. The molecule has 2 heterocycles. The van der Waals surface area contributed by atoms with Crippen LogP contribution in [0, 0.1) is 6.92 Å². The predicted molar refractivity (Wildman–Crippen MR) is 111 cm³/mol. The molecule has 1 amide bonds. The van der Waals surface area contributed by atoms with Crippen molar-refractivity contribution in [1.82, 2.24) is 9.97 Å². The average molecular weight is 384 g/mol. The highest BCUT2D eigenvalue weighted by molar-refractivity contribution is 8.00. The topological polar surface area (TPSA) is 54.9 Å². The fourth-order valence-electron chi connectivity index (χ4n) is 3.22. The van der Waals surface area contributed by atoms with Gasteiger partial charge < -0.3 is 5.32 Å². The largest absolute Gasteiger partial charge is 0.325 e. The highest BCUT2D eigenvalue weighted by Crippen LogP contribution is 2.32. The zero-order valence-electron chi connectivity index (χ0n) is 14.7. The fraction of sp³-hybridized carbons (Fsp3) is 0.350. The van der Waals surface area contributed by atoms with Gasteiger partial charge in [-0.25, -0.2) is 9.97 Å². The van der Waals surface area contributed by atoms with Crippen LogP contribution in [0.25, 0.3) is 20.9 Å². The van der Waals surface area contributed by atoms with E-state index in [0.29, 0.717) is 11.0 Å². The van der Waals surface area contributed by atoms with Gasteiger partial charge in [-0.2, -0.15) is 0 Å². The number of aromatic nitrogens is 2. The fourth-order valence-corrected chi connectivity index (χ4v) is 5.25. The Bertz CT molecular complexity index is 899. The third kappa shape index (κ3) is 3.91. The van der Waals surface area contributed by atoms with E-state index in [1.807, 2.05) is 31.2 Å². The minimum absolute atomic E-state index is 0.0770. The third-order valence-electron chi connectivity index (χ3n) is 4.68. The van der Waals surface area contributed by atoms with E-state index < -0.39 is 0 Å². The maximum Gasteiger partial charge on any atom is 0.234 e. The molecule has 2 aromatic heterocycles. The van der Waals surface area contributed by atoms with E-state index in [2.05, 4.69) is 21.4 Å². The van der Waals surface area contributed by atoms with Gasteiger partial charge in [-0.15, -0.1) is 11.8 Å². The molecule has 4 rings (SSSR count). The van der Waals surface area contributed by atoms with Gasteiger partial charge in [0.1, 0.15) is 15.4 Å². The first-order valence-electron chi connectivity index (χ1n) is 8.93. The number of hydrogen-bond acceptors (Lipinski definition) is 5. The maximum atomic E-state index is 12.4. The van der Waals surface area contributed by atoms with Crippen molar-refractivity contribution in [3.05, 3.63) is 42.1 Å². The van der Waals surface area contributed by atoms with Crippen molar-refractivity contribution in [3.8, 4) is 10.6 Å². The van der Waals surface area contributed by atoms with Crippen molar-refractivity contribution in [2.45, 2.75) is 37.9 Å². The van der Waals surface area contributed by atoms with Crippen LogP contribution in [0.3, 0.4) is 0 Å². The van der Waals surface area contributed by atoms with Crippen molar-refractivity contribution >= 4 is 45.0 Å². The number of anilines is 1. The van der Waals surface area contributed by atoms with E-state index in [4.69, 9.17) is 0 Å². The van der Waals surface area contributed by atoms with Gasteiger partial charge >= 0.3 is 0 Å². The van der Waals surface area contributed by atoms with Gasteiger partial charge in [0.15, 0.2) is 0 Å². The number of hydrogen-bond donors (Lipinski definition) is 1. The number of carbonyl (C=O) groups excluding carboxylic acids is 1. The van der Waals surface area contributed by atoms with E-state index in [1.54, 1.807) is 29.3 Å². The van der Waals surface area contributed by atoms with Crippen LogP contribution in [0.5, 0.6) is 0 Å². The molecule has 0 bridgehead atoms. The van der Waals surface area contributed by atoms with Crippen LogP contribution in [0.2, 0.25) is 0 Å². The normalized spacial score (nSPS) is 14.8. The van der Waals surface area contributed by atoms with E-state index in [0.717, 1.165) is 32.2 Å². The SMILES string of the molecule is Cc1ccc(-c2nc3cccnc3s2)cc1NC(=O)CSC1CCCC1. The first-order valence-corrected chi connectivity index (χ1v) is 10.8. The Kier molecular flexibility index (Phi) is 5.22. The molecular weight excluding hydrogens is 362 g/mol. The zero-order chi connectivity index (χ0) is 17.9. The standard InChI is InChI=1S/C20H21N3OS2/c1-13-8-9-14(19-23-16-7-4-10-21-20(16)26-19)11-17(13)22-18(24)12-25-15-5-2-3-6-15/h4,7-11,15H,2-3,5-6,12H2,1H3,(H,22,24). The monoisotopic (exact) mass is 383 g/mol. The lowest BCUT2D eigenvalue weighted by Crippen LogP contribution is -2.16. The summed E-state index contributed by atoms with van der Waals surface area (Å²) in [4.78, 5) is 22.3. The Morgan fingerprint density at radius 1 is 1.31 bits per heavy atom. The molecule has 6 heteroatoms. The molecule has 1 aliphatic rings. The van der Waals surface area contributed by atoms with E-state index in [1.165, 1.54) is 25.7 Å². The molecule has 1 saturated carbocycles. The van der Waals surface area contributed by atoms with Crippen LogP contribution in [-0.4, -0.2) is 26.9 Å². The molecule has 0 radical (unpaired) electrons. The van der Waals surface area contributed by atoms with Crippen molar-refractivity contribution in [3.63, 3.8) is 0 Å². The van der Waals surface area contributed by atoms with Crippen LogP contribution in [0.15, 0.2) is 36.5 Å². The summed E-state index contributed by atoms with van der Waals surface area (Å²) >= 11 is 3.36. The molecule has 1 aromatic carbocycles. The molecule has 1 N–H and O–H groups in total. The molecule has 4 nitrogen and oxygen atoms in total. The summed E-state index contributed by atoms with van der Waals surface area (Å²) in [5.74, 6) is 0.604. The molecule has 26 heavy (non-hydrogen) atoms. The first kappa shape index (κ1) is 17.5. The Balaban J connectivity index is 1.49. The number of nitrogens with zero attached hydrogens (tertiary/aromatic N) is 2. The lowest BCUT2D eigenvalue weighted by molar-refractivity contribution is -0.113. The van der Waals surface area contributed by atoms with Crippen LogP contribution in [0.1, 0.15) is 31.2 Å². The third-order valence-corrected chi connectivity index (χ3v) is 7.08. The first-order chi connectivity index (χ1) is 12.7. The van der Waals surface area contributed by atoms with E-state index >= 15 is 0 Å². The molecule has 1 aliphatic carbocycles. The summed E-state index contributed by atoms with van der Waals surface area (Å²) in [5.41, 5.74) is 3.85. The lowest BCUT2D eigenvalue weighted by Gasteiger charge is -2.11. The van der Waals surface area contributed by atoms with Crippen LogP contribution < -0.4 is 5.32 Å². The zero-order valence-corrected chi connectivity index (χ0v) is 16.3. The molecule has 0 atom stereocenters. The molecule has 0 aliphatic heterocycles. The average Bonchev–Trinajstić information content (AvgIpc) is 3.31. The number of pyridine rings is 1. The highest BCUT2D eigenvalue weighted by atomic mass is 32.2. The Morgan fingerprint density at radius 2 is 2.15 bits per heavy atom. The summed E-state index contributed by atoms with van der Waals surface area (Å²) in [6, 6.07) is 9.98. The quantitative estimate of drug-likeness (QED) is 0.651. The van der Waals surface area contributed by atoms with E-state index in [9.17, 15) is 4.79 Å². The van der Waals surface area contributed by atoms with Gasteiger partial charge in [-0.3, -0.25) is 4.79 Å². The van der Waals surface area contributed by atoms with Crippen LogP contribution >= 0.6 is 23.1 Å². The number of fused-ring (bicyclic) bond motifs is 1. The predicted octanol–water partition coefficient (Wildman–Crippen LogP) is 5.28. The number of thiazole rings is 1. The number of benzene rings is 1. The Labute approximate surface area is 161 Å². The summed E-state index contributed by atoms with van der Waals surface area (Å²) in [6.45, 7) is 2.02. The smallest absolute Gasteiger partial charge is 0.234 e. The van der Waals surface area contributed by atoms with Gasteiger partial charge in [0.05, 0.1) is 5.75 Å². The molecule has 0 saturated heterocycles. The summed E-state index contributed by atoms with van der Waals surface area (Å²) in [5, 5.41) is 4.66. The number of rotatable bonds is 5. The van der Waals surface area contributed by atoms with Gasteiger partial charge in [-0.1, -0.05) is 36.3 Å². The summed E-state index contributed by atoms with van der Waals surface area (Å²) in [6.07, 6.45) is 6.89. The highest BCUT2D eigenvalue weighted by Gasteiger charge is 2.17. The second kappa shape index (κ2) is 7.76. The van der Waals surface area contributed by atoms with Gasteiger partial charge in [0.25, 0.3) is 0 Å². The molecule has 0 unspecified atom stereocenters. The second-order valence-corrected chi connectivity index (χ2v) is 8.91. The Morgan fingerprint density at radius 3 is 2.96 bits per heavy atom. The molecule has 134 valence electrons. The molecule has 3 aromatic rings. The number of nitrogens with one attached hydrogen (secondary N) is 1. The van der Waals surface area contributed by atoms with Gasteiger partial charge in [0.2, 0.25) is 5.91 Å². The van der Waals surface area contributed by atoms with Crippen LogP contribution in [-0.2, 0) is 4.79 Å². The van der Waals surface area contributed by atoms with Crippen molar-refractivity contribution < 1.29 is 4.79 Å². The van der Waals surface area contributed by atoms with Gasteiger partial charge in [-0.05, 0) is 43.5 Å². The Hall–Kier alpha value is -1.92. The van der Waals surface area contributed by atoms with E-state index in [-0.39, 0.29) is 5.91 Å². The minimum Gasteiger partial charge on any atom is -0.325 e. The molecular formula is C20H21N3OS2. The number of thioether (sulfide) groups is 1. The summed E-state index contributed by atoms with van der Waals surface area (Å²) < 4.78 is 0. The summed E-state index contributed by atoms with van der Waals surface area (Å²) in [7, 11) is 0. The van der Waals surface area contributed by atoms with Gasteiger partial charge in [0, 0.05) is 22.7 Å². The second-order valence-electron chi connectivity index (χ2n) is 6.64. The maximum absolute atomic E-state index is 12.4. The minimum atomic E-state index is 0.0770. The van der Waals surface area contributed by atoms with Crippen molar-refractivity contribution in [2.75, 3.05) is 11.1 Å². The lowest BCUT2D eigenvalue weighted by atomic mass is 10.1.